The van der Waals surface area contributed by atoms with Crippen LogP contribution in [0.15, 0.2) is 24.3 Å². The summed E-state index contributed by atoms with van der Waals surface area (Å²) in [6.45, 7) is 2.14. The van der Waals surface area contributed by atoms with Crippen LogP contribution in [0.2, 0.25) is 5.02 Å². The van der Waals surface area contributed by atoms with Crippen LogP contribution in [0.4, 0.5) is 0 Å². The summed E-state index contributed by atoms with van der Waals surface area (Å²) < 4.78 is 5.54. The molecule has 0 aliphatic carbocycles. The van der Waals surface area contributed by atoms with Gasteiger partial charge < -0.3 is 4.74 Å². The predicted molar refractivity (Wildman–Crippen MR) is 72.5 cm³/mol. The first-order chi connectivity index (χ1) is 8.70. The highest BCUT2D eigenvalue weighted by molar-refractivity contribution is 6.30. The fourth-order valence-corrected chi connectivity index (χ4v) is 2.52. The Hall–Kier alpha value is -1.02. The zero-order valence-electron chi connectivity index (χ0n) is 10.7. The van der Waals surface area contributed by atoms with Crippen molar-refractivity contribution < 1.29 is 9.53 Å². The van der Waals surface area contributed by atoms with E-state index in [1.54, 1.807) is 0 Å². The number of cyclic esters (lactones) is 1. The minimum Gasteiger partial charge on any atom is -0.457 e. The Labute approximate surface area is 113 Å². The van der Waals surface area contributed by atoms with Crippen LogP contribution in [0.3, 0.4) is 0 Å². The minimum atomic E-state index is -0.0901. The predicted octanol–water partition coefficient (Wildman–Crippen LogP) is 4.52. The second-order valence-corrected chi connectivity index (χ2v) is 5.33. The Morgan fingerprint density at radius 3 is 2.61 bits per heavy atom. The Morgan fingerprint density at radius 1 is 1.28 bits per heavy atom. The molecule has 3 heteroatoms. The molecule has 0 N–H and O–H groups in total. The molecule has 2 rings (SSSR count). The molecule has 98 valence electrons. The van der Waals surface area contributed by atoms with E-state index >= 15 is 0 Å². The summed E-state index contributed by atoms with van der Waals surface area (Å²) in [6, 6.07) is 7.56. The first-order valence-electron chi connectivity index (χ1n) is 6.66. The number of hydrogen-bond donors (Lipinski definition) is 0. The van der Waals surface area contributed by atoms with Gasteiger partial charge in [-0.15, -0.1) is 0 Å². The van der Waals surface area contributed by atoms with Crippen LogP contribution in [0.25, 0.3) is 0 Å². The van der Waals surface area contributed by atoms with Gasteiger partial charge in [0, 0.05) is 5.02 Å². The maximum atomic E-state index is 11.9. The normalized spacial score (nSPS) is 23.8. The first kappa shape index (κ1) is 13.4. The average Bonchev–Trinajstić information content (AvgIpc) is 2.38. The highest BCUT2D eigenvalue weighted by Gasteiger charge is 2.30. The van der Waals surface area contributed by atoms with E-state index in [0.29, 0.717) is 5.02 Å². The summed E-state index contributed by atoms with van der Waals surface area (Å²) in [5.41, 5.74) is 1.04. The second-order valence-electron chi connectivity index (χ2n) is 4.89. The molecule has 1 aromatic rings. The topological polar surface area (TPSA) is 26.3 Å². The molecule has 1 aliphatic rings. The summed E-state index contributed by atoms with van der Waals surface area (Å²) in [7, 11) is 0. The van der Waals surface area contributed by atoms with Crippen molar-refractivity contribution in [3.05, 3.63) is 34.9 Å². The molecule has 2 nitrogen and oxygen atoms in total. The lowest BCUT2D eigenvalue weighted by molar-refractivity contribution is -0.161. The standard InChI is InChI=1S/C15H19ClO2/c1-2-3-4-12-7-10-14(18-15(12)17)11-5-8-13(16)9-6-11/h5-6,8-9,12,14H,2-4,7,10H2,1H3. The van der Waals surface area contributed by atoms with Crippen molar-refractivity contribution in [3.63, 3.8) is 0 Å². The van der Waals surface area contributed by atoms with Gasteiger partial charge in [0.1, 0.15) is 6.10 Å². The van der Waals surface area contributed by atoms with Crippen LogP contribution in [0.1, 0.15) is 50.7 Å². The highest BCUT2D eigenvalue weighted by atomic mass is 35.5. The van der Waals surface area contributed by atoms with E-state index in [-0.39, 0.29) is 18.0 Å². The summed E-state index contributed by atoms with van der Waals surface area (Å²) in [5, 5.41) is 0.710. The highest BCUT2D eigenvalue weighted by Crippen LogP contribution is 2.33. The molecule has 1 aliphatic heterocycles. The Kier molecular flexibility index (Phi) is 4.65. The number of rotatable bonds is 4. The Balaban J connectivity index is 1.95. The molecule has 2 atom stereocenters. The molecule has 0 amide bonds. The van der Waals surface area contributed by atoms with Crippen molar-refractivity contribution >= 4 is 17.6 Å². The summed E-state index contributed by atoms with van der Waals surface area (Å²) in [5.74, 6) is 0.0724. The number of benzene rings is 1. The molecule has 18 heavy (non-hydrogen) atoms. The number of hydrogen-bond acceptors (Lipinski definition) is 2. The third kappa shape index (κ3) is 3.26. The lowest BCUT2D eigenvalue weighted by atomic mass is 9.90. The summed E-state index contributed by atoms with van der Waals surface area (Å²) in [4.78, 5) is 11.9. The third-order valence-electron chi connectivity index (χ3n) is 3.52. The van der Waals surface area contributed by atoms with E-state index in [0.717, 1.165) is 37.7 Å². The van der Waals surface area contributed by atoms with Gasteiger partial charge in [0.05, 0.1) is 5.92 Å². The molecule has 0 aromatic heterocycles. The number of unbranched alkanes of at least 4 members (excludes halogenated alkanes) is 1. The van der Waals surface area contributed by atoms with Gasteiger partial charge in [-0.2, -0.15) is 0 Å². The van der Waals surface area contributed by atoms with E-state index in [1.165, 1.54) is 0 Å². The molecular formula is C15H19ClO2. The smallest absolute Gasteiger partial charge is 0.309 e. The van der Waals surface area contributed by atoms with Crippen molar-refractivity contribution in [2.24, 2.45) is 5.92 Å². The van der Waals surface area contributed by atoms with Crippen molar-refractivity contribution in [2.45, 2.75) is 45.1 Å². The number of ether oxygens (including phenoxy) is 1. The zero-order valence-corrected chi connectivity index (χ0v) is 11.5. The molecule has 1 saturated heterocycles. The number of halogens is 1. The quantitative estimate of drug-likeness (QED) is 0.749. The minimum absolute atomic E-state index is 0.0327. The van der Waals surface area contributed by atoms with Crippen LogP contribution < -0.4 is 0 Å². The van der Waals surface area contributed by atoms with Gasteiger partial charge in [0.2, 0.25) is 0 Å². The Bertz CT molecular complexity index is 399. The molecule has 0 radical (unpaired) electrons. The van der Waals surface area contributed by atoms with Crippen LogP contribution >= 0.6 is 11.6 Å². The molecular weight excluding hydrogens is 248 g/mol. The zero-order chi connectivity index (χ0) is 13.0. The van der Waals surface area contributed by atoms with Crippen molar-refractivity contribution in [1.29, 1.82) is 0 Å². The van der Waals surface area contributed by atoms with E-state index in [9.17, 15) is 4.79 Å². The van der Waals surface area contributed by atoms with Gasteiger partial charge in [-0.25, -0.2) is 0 Å². The van der Waals surface area contributed by atoms with Crippen LogP contribution in [0, 0.1) is 5.92 Å². The molecule has 0 spiro atoms. The maximum absolute atomic E-state index is 11.9. The van der Waals surface area contributed by atoms with Gasteiger partial charge in [-0.1, -0.05) is 43.5 Å². The van der Waals surface area contributed by atoms with E-state index in [1.807, 2.05) is 24.3 Å². The summed E-state index contributed by atoms with van der Waals surface area (Å²) in [6.07, 6.45) is 4.96. The van der Waals surface area contributed by atoms with E-state index in [2.05, 4.69) is 6.92 Å². The van der Waals surface area contributed by atoms with Crippen LogP contribution in [-0.2, 0) is 9.53 Å². The maximum Gasteiger partial charge on any atom is 0.309 e. The van der Waals surface area contributed by atoms with Gasteiger partial charge >= 0.3 is 5.97 Å². The summed E-state index contributed by atoms with van der Waals surface area (Å²) >= 11 is 5.85. The third-order valence-corrected chi connectivity index (χ3v) is 3.77. The number of esters is 1. The molecule has 2 unspecified atom stereocenters. The van der Waals surface area contributed by atoms with Gasteiger partial charge in [-0.05, 0) is 37.0 Å². The second kappa shape index (κ2) is 6.24. The van der Waals surface area contributed by atoms with Gasteiger partial charge in [0.25, 0.3) is 0 Å². The van der Waals surface area contributed by atoms with Crippen LogP contribution in [0.5, 0.6) is 0 Å². The molecule has 1 heterocycles. The molecule has 1 aromatic carbocycles. The van der Waals surface area contributed by atoms with E-state index < -0.39 is 0 Å². The van der Waals surface area contributed by atoms with Crippen LogP contribution in [-0.4, -0.2) is 5.97 Å². The molecule has 0 bridgehead atoms. The SMILES string of the molecule is CCCCC1CCC(c2ccc(Cl)cc2)OC1=O. The van der Waals surface area contributed by atoms with Gasteiger partial charge in [0.15, 0.2) is 0 Å². The van der Waals surface area contributed by atoms with Crippen molar-refractivity contribution in [2.75, 3.05) is 0 Å². The lowest BCUT2D eigenvalue weighted by Gasteiger charge is -2.28. The van der Waals surface area contributed by atoms with Gasteiger partial charge in [-0.3, -0.25) is 4.79 Å². The first-order valence-corrected chi connectivity index (χ1v) is 7.04. The largest absolute Gasteiger partial charge is 0.457 e. The molecule has 1 fully saturated rings. The fraction of sp³-hybridized carbons (Fsp3) is 0.533. The van der Waals surface area contributed by atoms with Crippen molar-refractivity contribution in [3.8, 4) is 0 Å². The average molecular weight is 267 g/mol. The lowest BCUT2D eigenvalue weighted by Crippen LogP contribution is -2.26. The molecule has 0 saturated carbocycles. The van der Waals surface area contributed by atoms with E-state index in [4.69, 9.17) is 16.3 Å². The van der Waals surface area contributed by atoms with Crippen molar-refractivity contribution in [1.82, 2.24) is 0 Å². The number of carbonyl (C=O) groups excluding carboxylic acids is 1. The fourth-order valence-electron chi connectivity index (χ4n) is 2.39. The Morgan fingerprint density at radius 2 is 2.00 bits per heavy atom. The monoisotopic (exact) mass is 266 g/mol. The number of carbonyl (C=O) groups is 1.